The molecule has 5 nitrogen and oxygen atoms in total. The monoisotopic (exact) mass is 360 g/mol. The number of methoxy groups -OCH3 is 1. The van der Waals surface area contributed by atoms with E-state index in [1.807, 2.05) is 24.3 Å². The summed E-state index contributed by atoms with van der Waals surface area (Å²) in [6.45, 7) is 3.39. The van der Waals surface area contributed by atoms with Gasteiger partial charge in [-0.05, 0) is 42.3 Å². The third-order valence-corrected chi connectivity index (χ3v) is 4.01. The first-order valence-corrected chi connectivity index (χ1v) is 8.32. The summed E-state index contributed by atoms with van der Waals surface area (Å²) in [5.74, 6) is -0.0489. The molecule has 0 aromatic heterocycles. The van der Waals surface area contributed by atoms with E-state index < -0.39 is 0 Å². The predicted octanol–water partition coefficient (Wildman–Crippen LogP) is 3.90. The number of aryl methyl sites for hydroxylation is 1. The van der Waals surface area contributed by atoms with Crippen molar-refractivity contribution in [2.24, 2.45) is 0 Å². The van der Waals surface area contributed by atoms with E-state index in [2.05, 4.69) is 12.2 Å². The van der Waals surface area contributed by atoms with E-state index in [1.54, 1.807) is 18.2 Å². The second-order valence-electron chi connectivity index (χ2n) is 5.52. The second-order valence-corrected chi connectivity index (χ2v) is 5.95. The van der Waals surface area contributed by atoms with Crippen LogP contribution in [0.1, 0.15) is 19.4 Å². The molecule has 132 valence electrons. The zero-order valence-electron chi connectivity index (χ0n) is 14.5. The number of carbonyl (C=O) groups is 2. The van der Waals surface area contributed by atoms with Gasteiger partial charge in [-0.3, -0.25) is 9.59 Å². The summed E-state index contributed by atoms with van der Waals surface area (Å²) in [6.07, 6.45) is 0.912. The Morgan fingerprint density at radius 3 is 2.40 bits per heavy atom. The Morgan fingerprint density at radius 2 is 1.84 bits per heavy atom. The van der Waals surface area contributed by atoms with Gasteiger partial charge in [0.1, 0.15) is 12.3 Å². The van der Waals surface area contributed by atoms with Crippen molar-refractivity contribution in [3.8, 4) is 5.75 Å². The van der Waals surface area contributed by atoms with Crippen molar-refractivity contribution in [3.05, 3.63) is 53.1 Å². The van der Waals surface area contributed by atoms with Gasteiger partial charge in [-0.2, -0.15) is 0 Å². The third-order valence-electron chi connectivity index (χ3n) is 3.77. The molecule has 0 aliphatic rings. The van der Waals surface area contributed by atoms with Gasteiger partial charge >= 0.3 is 0 Å². The van der Waals surface area contributed by atoms with Gasteiger partial charge in [0.05, 0.1) is 12.8 Å². The Morgan fingerprint density at radius 1 is 1.16 bits per heavy atom. The van der Waals surface area contributed by atoms with Gasteiger partial charge in [-0.1, -0.05) is 30.7 Å². The van der Waals surface area contributed by atoms with Crippen LogP contribution in [0.4, 0.5) is 11.4 Å². The van der Waals surface area contributed by atoms with Gasteiger partial charge < -0.3 is 15.0 Å². The molecule has 0 saturated carbocycles. The smallest absolute Gasteiger partial charge is 0.244 e. The lowest BCUT2D eigenvalue weighted by molar-refractivity contribution is -0.120. The number of hydrogen-bond donors (Lipinski definition) is 1. The highest BCUT2D eigenvalue weighted by Gasteiger charge is 2.17. The Hall–Kier alpha value is -2.53. The van der Waals surface area contributed by atoms with Gasteiger partial charge in [-0.25, -0.2) is 0 Å². The van der Waals surface area contributed by atoms with Crippen LogP contribution in [-0.2, 0) is 16.0 Å². The minimum Gasteiger partial charge on any atom is -0.495 e. The first kappa shape index (κ1) is 18.8. The molecule has 0 saturated heterocycles. The van der Waals surface area contributed by atoms with E-state index in [0.717, 1.165) is 6.42 Å². The first-order valence-electron chi connectivity index (χ1n) is 7.95. The molecular weight excluding hydrogens is 340 g/mol. The number of nitrogens with zero attached hydrogens (tertiary/aromatic N) is 1. The zero-order valence-corrected chi connectivity index (χ0v) is 15.3. The lowest BCUT2D eigenvalue weighted by atomic mass is 10.1. The predicted molar refractivity (Wildman–Crippen MR) is 100 cm³/mol. The molecular formula is C19H21ClN2O3. The van der Waals surface area contributed by atoms with Crippen molar-refractivity contribution in [2.75, 3.05) is 23.9 Å². The van der Waals surface area contributed by atoms with Crippen LogP contribution in [-0.4, -0.2) is 25.5 Å². The van der Waals surface area contributed by atoms with E-state index >= 15 is 0 Å². The fraction of sp³-hybridized carbons (Fsp3) is 0.263. The normalized spacial score (nSPS) is 10.2. The Kier molecular flexibility index (Phi) is 6.42. The molecule has 2 aromatic carbocycles. The number of rotatable bonds is 6. The second kappa shape index (κ2) is 8.53. The summed E-state index contributed by atoms with van der Waals surface area (Å²) in [4.78, 5) is 25.8. The fourth-order valence-corrected chi connectivity index (χ4v) is 2.58. The number of carbonyl (C=O) groups excluding carboxylic acids is 2. The largest absolute Gasteiger partial charge is 0.495 e. The summed E-state index contributed by atoms with van der Waals surface area (Å²) < 4.78 is 5.21. The Balaban J connectivity index is 2.15. The van der Waals surface area contributed by atoms with Crippen LogP contribution >= 0.6 is 11.6 Å². The molecule has 0 heterocycles. The van der Waals surface area contributed by atoms with Gasteiger partial charge in [0.15, 0.2) is 0 Å². The van der Waals surface area contributed by atoms with Crippen molar-refractivity contribution in [3.63, 3.8) is 0 Å². The van der Waals surface area contributed by atoms with E-state index in [-0.39, 0.29) is 18.4 Å². The van der Waals surface area contributed by atoms with Crippen molar-refractivity contribution in [1.82, 2.24) is 0 Å². The summed E-state index contributed by atoms with van der Waals surface area (Å²) in [5, 5.41) is 3.22. The van der Waals surface area contributed by atoms with Crippen LogP contribution in [0.2, 0.25) is 5.02 Å². The maximum absolute atomic E-state index is 12.4. The third kappa shape index (κ3) is 4.97. The van der Waals surface area contributed by atoms with Crippen molar-refractivity contribution >= 4 is 34.8 Å². The molecule has 0 atom stereocenters. The molecule has 0 aliphatic carbocycles. The highest BCUT2D eigenvalue weighted by molar-refractivity contribution is 6.31. The number of hydrogen-bond acceptors (Lipinski definition) is 3. The van der Waals surface area contributed by atoms with Gasteiger partial charge in [0, 0.05) is 17.6 Å². The summed E-state index contributed by atoms with van der Waals surface area (Å²) in [6, 6.07) is 12.5. The average molecular weight is 361 g/mol. The van der Waals surface area contributed by atoms with Gasteiger partial charge in [-0.15, -0.1) is 0 Å². The SMILES string of the molecule is CCc1ccc(N(CC(=O)Nc2cc(Cl)ccc2OC)C(C)=O)cc1. The van der Waals surface area contributed by atoms with E-state index in [4.69, 9.17) is 16.3 Å². The summed E-state index contributed by atoms with van der Waals surface area (Å²) >= 11 is 5.97. The summed E-state index contributed by atoms with van der Waals surface area (Å²) in [7, 11) is 1.51. The molecule has 2 rings (SSSR count). The molecule has 1 N–H and O–H groups in total. The molecule has 0 aliphatic heterocycles. The van der Waals surface area contributed by atoms with Gasteiger partial charge in [0.25, 0.3) is 0 Å². The molecule has 2 aromatic rings. The molecule has 0 spiro atoms. The molecule has 0 unspecified atom stereocenters. The van der Waals surface area contributed by atoms with Crippen molar-refractivity contribution in [1.29, 1.82) is 0 Å². The van der Waals surface area contributed by atoms with Crippen molar-refractivity contribution in [2.45, 2.75) is 20.3 Å². The molecule has 0 bridgehead atoms. The topological polar surface area (TPSA) is 58.6 Å². The fourth-order valence-electron chi connectivity index (χ4n) is 2.41. The molecule has 6 heteroatoms. The van der Waals surface area contributed by atoms with Crippen LogP contribution in [0.15, 0.2) is 42.5 Å². The number of halogens is 1. The van der Waals surface area contributed by atoms with E-state index in [9.17, 15) is 9.59 Å². The van der Waals surface area contributed by atoms with Crippen LogP contribution in [0.25, 0.3) is 0 Å². The molecule has 0 fully saturated rings. The van der Waals surface area contributed by atoms with Crippen LogP contribution in [0, 0.1) is 0 Å². The molecule has 2 amide bonds. The van der Waals surface area contributed by atoms with Crippen LogP contribution in [0.3, 0.4) is 0 Å². The van der Waals surface area contributed by atoms with Crippen LogP contribution in [0.5, 0.6) is 5.75 Å². The van der Waals surface area contributed by atoms with E-state index in [0.29, 0.717) is 22.1 Å². The number of nitrogens with one attached hydrogen (secondary N) is 1. The minimum absolute atomic E-state index is 0.101. The minimum atomic E-state index is -0.338. The molecule has 0 radical (unpaired) electrons. The first-order chi connectivity index (χ1) is 11.9. The standard InChI is InChI=1S/C19H21ClN2O3/c1-4-14-5-8-16(9-6-14)22(13(2)23)12-19(24)21-17-11-15(20)7-10-18(17)25-3/h5-11H,4,12H2,1-3H3,(H,21,24). The number of amides is 2. The number of anilines is 2. The highest BCUT2D eigenvalue weighted by Crippen LogP contribution is 2.27. The van der Waals surface area contributed by atoms with Crippen molar-refractivity contribution < 1.29 is 14.3 Å². The highest BCUT2D eigenvalue weighted by atomic mass is 35.5. The van der Waals surface area contributed by atoms with Crippen LogP contribution < -0.4 is 15.0 Å². The lowest BCUT2D eigenvalue weighted by Crippen LogP contribution is -2.36. The molecule has 25 heavy (non-hydrogen) atoms. The van der Waals surface area contributed by atoms with Gasteiger partial charge in [0.2, 0.25) is 11.8 Å². The number of benzene rings is 2. The maximum atomic E-state index is 12.4. The summed E-state index contributed by atoms with van der Waals surface area (Å²) in [5.41, 5.74) is 2.31. The average Bonchev–Trinajstić information content (AvgIpc) is 2.60. The number of ether oxygens (including phenoxy) is 1. The Bertz CT molecular complexity index is 760. The lowest BCUT2D eigenvalue weighted by Gasteiger charge is -2.21. The zero-order chi connectivity index (χ0) is 18.4. The maximum Gasteiger partial charge on any atom is 0.244 e. The van der Waals surface area contributed by atoms with E-state index in [1.165, 1.54) is 24.5 Å². The quantitative estimate of drug-likeness (QED) is 0.849. The Labute approximate surface area is 152 Å².